The number of amides is 1. The summed E-state index contributed by atoms with van der Waals surface area (Å²) in [6, 6.07) is 13.0. The molecule has 0 bridgehead atoms. The number of hydrogen-bond acceptors (Lipinski definition) is 6. The predicted molar refractivity (Wildman–Crippen MR) is 114 cm³/mol. The third-order valence-electron chi connectivity index (χ3n) is 4.38. The second-order valence-electron chi connectivity index (χ2n) is 6.62. The molecule has 148 valence electrons. The van der Waals surface area contributed by atoms with Gasteiger partial charge in [-0.15, -0.1) is 0 Å². The molecule has 0 fully saturated rings. The smallest absolute Gasteiger partial charge is 0.260 e. The second kappa shape index (κ2) is 9.03. The third-order valence-corrected chi connectivity index (χ3v) is 5.48. The Bertz CT molecular complexity index is 900. The highest BCUT2D eigenvalue weighted by Gasteiger charge is 2.23. The molecule has 3 aromatic rings. The molecule has 0 aliphatic carbocycles. The average molecular weight is 400 g/mol. The van der Waals surface area contributed by atoms with Gasteiger partial charge in [-0.1, -0.05) is 29.5 Å². The van der Waals surface area contributed by atoms with Crippen molar-refractivity contribution < 1.29 is 14.3 Å². The van der Waals surface area contributed by atoms with Crippen molar-refractivity contribution in [2.75, 3.05) is 46.3 Å². The van der Waals surface area contributed by atoms with E-state index in [-0.39, 0.29) is 5.91 Å². The molecule has 0 radical (unpaired) electrons. The van der Waals surface area contributed by atoms with Gasteiger partial charge in [0.25, 0.3) is 5.91 Å². The molecular formula is C21H25N3O3S. The molecule has 1 amide bonds. The van der Waals surface area contributed by atoms with Gasteiger partial charge in [-0.25, -0.2) is 4.98 Å². The Kier molecular flexibility index (Phi) is 6.49. The molecule has 7 heteroatoms. The largest absolute Gasteiger partial charge is 0.495 e. The summed E-state index contributed by atoms with van der Waals surface area (Å²) in [6.45, 7) is 1.46. The summed E-state index contributed by atoms with van der Waals surface area (Å²) in [5.74, 6) is 1.33. The number of anilines is 1. The first-order valence-electron chi connectivity index (χ1n) is 9.08. The number of thiazole rings is 1. The lowest BCUT2D eigenvalue weighted by atomic mass is 10.2. The van der Waals surface area contributed by atoms with Gasteiger partial charge in [-0.05, 0) is 51.3 Å². The number of carbonyl (C=O) groups excluding carboxylic acids is 1. The monoisotopic (exact) mass is 399 g/mol. The van der Waals surface area contributed by atoms with E-state index in [1.807, 2.05) is 56.6 Å². The van der Waals surface area contributed by atoms with E-state index < -0.39 is 0 Å². The van der Waals surface area contributed by atoms with E-state index in [0.717, 1.165) is 23.4 Å². The van der Waals surface area contributed by atoms with Crippen LogP contribution in [0.5, 0.6) is 11.5 Å². The summed E-state index contributed by atoms with van der Waals surface area (Å²) in [7, 11) is 7.29. The summed E-state index contributed by atoms with van der Waals surface area (Å²) >= 11 is 1.44. The minimum absolute atomic E-state index is 0.0589. The van der Waals surface area contributed by atoms with Crippen LogP contribution in [-0.4, -0.2) is 57.2 Å². The van der Waals surface area contributed by atoms with Crippen molar-refractivity contribution in [3.05, 3.63) is 48.0 Å². The molecule has 0 N–H and O–H groups in total. The van der Waals surface area contributed by atoms with E-state index >= 15 is 0 Å². The number of benzene rings is 2. The fraction of sp³-hybridized carbons (Fsp3) is 0.333. The molecule has 0 atom stereocenters. The highest BCUT2D eigenvalue weighted by Crippen LogP contribution is 2.40. The number of ether oxygens (including phenoxy) is 2. The molecule has 1 heterocycles. The van der Waals surface area contributed by atoms with Crippen LogP contribution in [-0.2, 0) is 0 Å². The van der Waals surface area contributed by atoms with E-state index in [1.54, 1.807) is 19.1 Å². The quantitative estimate of drug-likeness (QED) is 0.575. The summed E-state index contributed by atoms with van der Waals surface area (Å²) in [4.78, 5) is 21.8. The molecule has 0 aliphatic rings. The van der Waals surface area contributed by atoms with Crippen LogP contribution in [0.1, 0.15) is 16.8 Å². The molecule has 0 spiro atoms. The first-order chi connectivity index (χ1) is 13.5. The fourth-order valence-electron chi connectivity index (χ4n) is 2.96. The maximum absolute atomic E-state index is 13.2. The van der Waals surface area contributed by atoms with Gasteiger partial charge in [0.2, 0.25) is 0 Å². The van der Waals surface area contributed by atoms with Crippen molar-refractivity contribution >= 4 is 32.6 Å². The Labute approximate surface area is 169 Å². The Balaban J connectivity index is 2.02. The molecule has 0 unspecified atom stereocenters. The zero-order valence-electron chi connectivity index (χ0n) is 16.6. The van der Waals surface area contributed by atoms with Gasteiger partial charge in [0.1, 0.15) is 21.7 Å². The summed E-state index contributed by atoms with van der Waals surface area (Å²) in [5.41, 5.74) is 1.35. The molecule has 3 rings (SSSR count). The minimum Gasteiger partial charge on any atom is -0.495 e. The van der Waals surface area contributed by atoms with Gasteiger partial charge in [0.15, 0.2) is 5.13 Å². The van der Waals surface area contributed by atoms with Crippen molar-refractivity contribution in [1.29, 1.82) is 0 Å². The molecule has 6 nitrogen and oxygen atoms in total. The number of methoxy groups -OCH3 is 2. The number of carbonyl (C=O) groups is 1. The molecule has 0 saturated carbocycles. The Morgan fingerprint density at radius 1 is 1.00 bits per heavy atom. The van der Waals surface area contributed by atoms with E-state index in [9.17, 15) is 4.79 Å². The lowest BCUT2D eigenvalue weighted by molar-refractivity contribution is 0.0986. The minimum atomic E-state index is -0.0589. The van der Waals surface area contributed by atoms with Crippen LogP contribution in [0.3, 0.4) is 0 Å². The van der Waals surface area contributed by atoms with Gasteiger partial charge < -0.3 is 14.4 Å². The average Bonchev–Trinajstić information content (AvgIpc) is 3.15. The van der Waals surface area contributed by atoms with Crippen LogP contribution in [0.25, 0.3) is 10.2 Å². The van der Waals surface area contributed by atoms with Crippen LogP contribution in [0.15, 0.2) is 42.5 Å². The van der Waals surface area contributed by atoms with Crippen molar-refractivity contribution in [2.24, 2.45) is 0 Å². The van der Waals surface area contributed by atoms with Gasteiger partial charge >= 0.3 is 0 Å². The molecule has 0 aliphatic heterocycles. The van der Waals surface area contributed by atoms with Crippen molar-refractivity contribution in [1.82, 2.24) is 9.88 Å². The fourth-order valence-corrected chi connectivity index (χ4v) is 4.05. The lowest BCUT2D eigenvalue weighted by Gasteiger charge is -2.21. The van der Waals surface area contributed by atoms with Crippen LogP contribution in [0, 0.1) is 0 Å². The molecule has 1 aromatic heterocycles. The number of aromatic nitrogens is 1. The normalized spacial score (nSPS) is 11.0. The van der Waals surface area contributed by atoms with Crippen molar-refractivity contribution in [2.45, 2.75) is 6.42 Å². The highest BCUT2D eigenvalue weighted by atomic mass is 32.1. The summed E-state index contributed by atoms with van der Waals surface area (Å²) < 4.78 is 11.8. The van der Waals surface area contributed by atoms with Gasteiger partial charge in [0, 0.05) is 12.1 Å². The maximum atomic E-state index is 13.2. The van der Waals surface area contributed by atoms with E-state index in [1.165, 1.54) is 11.3 Å². The van der Waals surface area contributed by atoms with E-state index in [2.05, 4.69) is 4.90 Å². The maximum Gasteiger partial charge on any atom is 0.260 e. The van der Waals surface area contributed by atoms with Crippen molar-refractivity contribution in [3.8, 4) is 11.5 Å². The van der Waals surface area contributed by atoms with Crippen LogP contribution in [0.2, 0.25) is 0 Å². The Morgan fingerprint density at radius 3 is 2.32 bits per heavy atom. The number of nitrogens with zero attached hydrogens (tertiary/aromatic N) is 3. The first kappa shape index (κ1) is 20.1. The SMILES string of the molecule is COc1ccc(OC)c2sc(N(CCCN(C)C)C(=O)c3ccccc3)nc12. The molecule has 28 heavy (non-hydrogen) atoms. The van der Waals surface area contributed by atoms with Crippen LogP contribution < -0.4 is 14.4 Å². The molecular weight excluding hydrogens is 374 g/mol. The van der Waals surface area contributed by atoms with E-state index in [4.69, 9.17) is 14.5 Å². The lowest BCUT2D eigenvalue weighted by Crippen LogP contribution is -2.33. The predicted octanol–water partition coefficient (Wildman–Crippen LogP) is 3.91. The topological polar surface area (TPSA) is 54.9 Å². The van der Waals surface area contributed by atoms with Gasteiger partial charge in [0.05, 0.1) is 14.2 Å². The zero-order chi connectivity index (χ0) is 20.1. The van der Waals surface area contributed by atoms with Gasteiger partial charge in [-0.2, -0.15) is 0 Å². The second-order valence-corrected chi connectivity index (χ2v) is 7.60. The number of rotatable bonds is 8. The van der Waals surface area contributed by atoms with Crippen LogP contribution >= 0.6 is 11.3 Å². The Morgan fingerprint density at radius 2 is 1.68 bits per heavy atom. The zero-order valence-corrected chi connectivity index (χ0v) is 17.5. The number of hydrogen-bond donors (Lipinski definition) is 0. The van der Waals surface area contributed by atoms with Gasteiger partial charge in [-0.3, -0.25) is 9.69 Å². The summed E-state index contributed by atoms with van der Waals surface area (Å²) in [5, 5.41) is 0.644. The highest BCUT2D eigenvalue weighted by molar-refractivity contribution is 7.22. The number of fused-ring (bicyclic) bond motifs is 1. The molecule has 2 aromatic carbocycles. The standard InChI is InChI=1S/C21H25N3O3S/c1-23(2)13-8-14-24(20(25)15-9-6-5-7-10-15)21-22-18-16(26-3)11-12-17(27-4)19(18)28-21/h5-7,9-12H,8,13-14H2,1-4H3. The first-order valence-corrected chi connectivity index (χ1v) is 9.90. The third kappa shape index (κ3) is 4.26. The van der Waals surface area contributed by atoms with Crippen molar-refractivity contribution in [3.63, 3.8) is 0 Å². The Hall–Kier alpha value is -2.64. The van der Waals surface area contributed by atoms with Crippen LogP contribution in [0.4, 0.5) is 5.13 Å². The summed E-state index contributed by atoms with van der Waals surface area (Å²) in [6.07, 6.45) is 0.843. The van der Waals surface area contributed by atoms with E-state index in [0.29, 0.717) is 28.5 Å². The molecule has 0 saturated heterocycles.